The molecule has 1 aromatic heterocycles. The fourth-order valence-corrected chi connectivity index (χ4v) is 1.46. The van der Waals surface area contributed by atoms with Gasteiger partial charge in [0.05, 0.1) is 0 Å². The number of nitrogens with zero attached hydrogens (tertiary/aromatic N) is 2. The number of aryl methyl sites for hydroxylation is 1. The zero-order chi connectivity index (χ0) is 9.14. The smallest absolute Gasteiger partial charge is 0.177 e. The molecular formula is C8H11BrN2O. The van der Waals surface area contributed by atoms with Crippen molar-refractivity contribution in [3.63, 3.8) is 0 Å². The number of carbonyl (C=O) groups excluding carboxylic acids is 1. The maximum absolute atomic E-state index is 11.1. The Balaban J connectivity index is 2.99. The number of Topliss-reactive ketones (excluding diaryl/α,β-unsaturated/α-hetero) is 1. The number of hydrogen-bond donors (Lipinski definition) is 0. The highest BCUT2D eigenvalue weighted by Gasteiger charge is 2.08. The molecule has 0 saturated heterocycles. The lowest BCUT2D eigenvalue weighted by atomic mass is 10.3. The molecular weight excluding hydrogens is 220 g/mol. The van der Waals surface area contributed by atoms with Crippen LogP contribution in [0.3, 0.4) is 0 Å². The van der Waals surface area contributed by atoms with Crippen LogP contribution in [0, 0.1) is 0 Å². The zero-order valence-corrected chi connectivity index (χ0v) is 8.76. The van der Waals surface area contributed by atoms with Crippen molar-refractivity contribution in [2.45, 2.75) is 26.8 Å². The molecule has 0 saturated carbocycles. The minimum atomic E-state index is 0.0571. The molecule has 0 radical (unpaired) electrons. The van der Waals surface area contributed by atoms with Gasteiger partial charge < -0.3 is 0 Å². The van der Waals surface area contributed by atoms with Gasteiger partial charge in [0.2, 0.25) is 0 Å². The lowest BCUT2D eigenvalue weighted by Gasteiger charge is -2.00. The van der Waals surface area contributed by atoms with Gasteiger partial charge in [-0.25, -0.2) is 0 Å². The number of carbonyl (C=O) groups is 1. The summed E-state index contributed by atoms with van der Waals surface area (Å²) in [5, 5.41) is 4.13. The first-order valence-electron chi connectivity index (χ1n) is 3.89. The molecule has 0 fully saturated rings. The van der Waals surface area contributed by atoms with Crippen molar-refractivity contribution in [1.29, 1.82) is 0 Å². The van der Waals surface area contributed by atoms with Crippen molar-refractivity contribution in [2.24, 2.45) is 0 Å². The molecule has 0 aliphatic heterocycles. The van der Waals surface area contributed by atoms with Gasteiger partial charge in [-0.1, -0.05) is 6.92 Å². The van der Waals surface area contributed by atoms with E-state index in [1.165, 1.54) is 0 Å². The van der Waals surface area contributed by atoms with Gasteiger partial charge in [-0.3, -0.25) is 9.48 Å². The van der Waals surface area contributed by atoms with Crippen LogP contribution in [-0.2, 0) is 6.54 Å². The van der Waals surface area contributed by atoms with Gasteiger partial charge in [-0.05, 0) is 22.4 Å². The fraction of sp³-hybridized carbons (Fsp3) is 0.500. The van der Waals surface area contributed by atoms with Gasteiger partial charge >= 0.3 is 0 Å². The van der Waals surface area contributed by atoms with E-state index < -0.39 is 0 Å². The molecule has 0 amide bonds. The number of rotatable bonds is 3. The minimum Gasteiger partial charge on any atom is -0.293 e. The lowest BCUT2D eigenvalue weighted by molar-refractivity contribution is 0.100. The number of halogens is 1. The molecule has 3 nitrogen and oxygen atoms in total. The third-order valence-corrected chi connectivity index (χ3v) is 1.93. The van der Waals surface area contributed by atoms with E-state index in [0.717, 1.165) is 17.6 Å². The summed E-state index contributed by atoms with van der Waals surface area (Å²) in [6, 6.07) is 1.75. The molecule has 1 aromatic rings. The van der Waals surface area contributed by atoms with E-state index in [4.69, 9.17) is 0 Å². The fourth-order valence-electron chi connectivity index (χ4n) is 1.05. The summed E-state index contributed by atoms with van der Waals surface area (Å²) in [5.74, 6) is 0.0571. The monoisotopic (exact) mass is 230 g/mol. The third-order valence-electron chi connectivity index (χ3n) is 1.55. The van der Waals surface area contributed by atoms with E-state index in [-0.39, 0.29) is 5.78 Å². The SMILES string of the molecule is CCCn1nc(Br)cc1C(C)=O. The molecule has 4 heteroatoms. The van der Waals surface area contributed by atoms with Crippen molar-refractivity contribution in [3.05, 3.63) is 16.4 Å². The summed E-state index contributed by atoms with van der Waals surface area (Å²) in [6.45, 7) is 4.40. The summed E-state index contributed by atoms with van der Waals surface area (Å²) in [7, 11) is 0. The van der Waals surface area contributed by atoms with Crippen molar-refractivity contribution in [2.75, 3.05) is 0 Å². The average Bonchev–Trinajstić information content (AvgIpc) is 2.32. The maximum atomic E-state index is 11.1. The highest BCUT2D eigenvalue weighted by Crippen LogP contribution is 2.11. The third kappa shape index (κ3) is 1.94. The topological polar surface area (TPSA) is 34.9 Å². The van der Waals surface area contributed by atoms with Crippen LogP contribution in [0.1, 0.15) is 30.8 Å². The standard InChI is InChI=1S/C8H11BrN2O/c1-3-4-11-7(6(2)12)5-8(9)10-11/h5H,3-4H2,1-2H3. The van der Waals surface area contributed by atoms with Crippen molar-refractivity contribution < 1.29 is 4.79 Å². The second-order valence-electron chi connectivity index (χ2n) is 2.63. The molecule has 12 heavy (non-hydrogen) atoms. The van der Waals surface area contributed by atoms with E-state index >= 15 is 0 Å². The van der Waals surface area contributed by atoms with Crippen LogP contribution >= 0.6 is 15.9 Å². The molecule has 0 bridgehead atoms. The second-order valence-corrected chi connectivity index (χ2v) is 3.44. The molecule has 0 spiro atoms. The zero-order valence-electron chi connectivity index (χ0n) is 7.17. The van der Waals surface area contributed by atoms with Crippen LogP contribution in [0.2, 0.25) is 0 Å². The molecule has 0 aromatic carbocycles. The summed E-state index contributed by atoms with van der Waals surface area (Å²) in [5.41, 5.74) is 0.670. The van der Waals surface area contributed by atoms with E-state index in [1.54, 1.807) is 17.7 Å². The molecule has 0 atom stereocenters. The van der Waals surface area contributed by atoms with Crippen LogP contribution in [0.15, 0.2) is 10.7 Å². The predicted molar refractivity (Wildman–Crippen MR) is 50.2 cm³/mol. The van der Waals surface area contributed by atoms with E-state index in [9.17, 15) is 4.79 Å². The Morgan fingerprint density at radius 3 is 2.92 bits per heavy atom. The lowest BCUT2D eigenvalue weighted by Crippen LogP contribution is -2.07. The van der Waals surface area contributed by atoms with Crippen LogP contribution in [0.5, 0.6) is 0 Å². The average molecular weight is 231 g/mol. The summed E-state index contributed by atoms with van der Waals surface area (Å²) in [4.78, 5) is 11.1. The molecule has 0 aliphatic carbocycles. The van der Waals surface area contributed by atoms with Crippen molar-refractivity contribution in [1.82, 2.24) is 9.78 Å². The van der Waals surface area contributed by atoms with Gasteiger partial charge in [0.15, 0.2) is 5.78 Å². The van der Waals surface area contributed by atoms with Crippen LogP contribution in [-0.4, -0.2) is 15.6 Å². The number of aromatic nitrogens is 2. The largest absolute Gasteiger partial charge is 0.293 e. The normalized spacial score (nSPS) is 10.2. The first-order valence-corrected chi connectivity index (χ1v) is 4.68. The second kappa shape index (κ2) is 3.85. The predicted octanol–water partition coefficient (Wildman–Crippen LogP) is 2.26. The van der Waals surface area contributed by atoms with Crippen LogP contribution in [0.4, 0.5) is 0 Å². The summed E-state index contributed by atoms with van der Waals surface area (Å²) < 4.78 is 2.45. The quantitative estimate of drug-likeness (QED) is 0.748. The Bertz CT molecular complexity index is 293. The number of ketones is 1. The van der Waals surface area contributed by atoms with E-state index in [1.807, 2.05) is 0 Å². The van der Waals surface area contributed by atoms with Gasteiger partial charge in [0.1, 0.15) is 10.3 Å². The van der Waals surface area contributed by atoms with Gasteiger partial charge in [0.25, 0.3) is 0 Å². The summed E-state index contributed by atoms with van der Waals surface area (Å²) in [6.07, 6.45) is 0.981. The first kappa shape index (κ1) is 9.45. The first-order chi connectivity index (χ1) is 5.65. The van der Waals surface area contributed by atoms with Gasteiger partial charge in [0, 0.05) is 19.5 Å². The van der Waals surface area contributed by atoms with E-state index in [0.29, 0.717) is 5.69 Å². The summed E-state index contributed by atoms with van der Waals surface area (Å²) >= 11 is 3.24. The Labute approximate surface area is 79.9 Å². The Morgan fingerprint density at radius 1 is 1.75 bits per heavy atom. The van der Waals surface area contributed by atoms with Crippen LogP contribution < -0.4 is 0 Å². The van der Waals surface area contributed by atoms with Crippen LogP contribution in [0.25, 0.3) is 0 Å². The van der Waals surface area contributed by atoms with E-state index in [2.05, 4.69) is 28.0 Å². The van der Waals surface area contributed by atoms with Gasteiger partial charge in [-0.15, -0.1) is 0 Å². The maximum Gasteiger partial charge on any atom is 0.177 e. The number of hydrogen-bond acceptors (Lipinski definition) is 2. The highest BCUT2D eigenvalue weighted by molar-refractivity contribution is 9.10. The minimum absolute atomic E-state index is 0.0571. The van der Waals surface area contributed by atoms with Gasteiger partial charge in [-0.2, -0.15) is 5.10 Å². The van der Waals surface area contributed by atoms with Crippen molar-refractivity contribution in [3.8, 4) is 0 Å². The molecule has 0 N–H and O–H groups in total. The van der Waals surface area contributed by atoms with Crippen molar-refractivity contribution >= 4 is 21.7 Å². The Kier molecular flexibility index (Phi) is 3.03. The molecule has 0 aliphatic rings. The molecule has 0 unspecified atom stereocenters. The Hall–Kier alpha value is -0.640. The Morgan fingerprint density at radius 2 is 2.42 bits per heavy atom. The molecule has 1 rings (SSSR count). The highest BCUT2D eigenvalue weighted by atomic mass is 79.9. The molecule has 66 valence electrons. The molecule has 1 heterocycles.